The van der Waals surface area contributed by atoms with Crippen LogP contribution in [-0.4, -0.2) is 32.8 Å². The van der Waals surface area contributed by atoms with Crippen molar-refractivity contribution in [1.82, 2.24) is 20.1 Å². The van der Waals surface area contributed by atoms with Crippen molar-refractivity contribution in [2.75, 3.05) is 6.54 Å². The van der Waals surface area contributed by atoms with E-state index in [2.05, 4.69) is 15.4 Å². The first-order chi connectivity index (χ1) is 11.9. The number of carbonyl (C=O) groups excluding carboxylic acids is 1. The van der Waals surface area contributed by atoms with Crippen LogP contribution in [0.5, 0.6) is 0 Å². The van der Waals surface area contributed by atoms with Crippen LogP contribution in [0.4, 0.5) is 0 Å². The molecule has 0 spiro atoms. The van der Waals surface area contributed by atoms with Gasteiger partial charge in [0, 0.05) is 12.5 Å². The Morgan fingerprint density at radius 3 is 2.68 bits per heavy atom. The molecule has 1 fully saturated rings. The highest BCUT2D eigenvalue weighted by molar-refractivity contribution is 6.32. The Bertz CT molecular complexity index is 784. The first kappa shape index (κ1) is 17.9. The number of amides is 1. The fourth-order valence-corrected chi connectivity index (χ4v) is 3.17. The highest BCUT2D eigenvalue weighted by atomic mass is 35.5. The van der Waals surface area contributed by atoms with Gasteiger partial charge in [0.1, 0.15) is 5.82 Å². The number of nitrogens with zero attached hydrogens (tertiary/aromatic N) is 3. The molecule has 25 heavy (non-hydrogen) atoms. The summed E-state index contributed by atoms with van der Waals surface area (Å²) in [6.45, 7) is 6.39. The van der Waals surface area contributed by atoms with Gasteiger partial charge in [0.25, 0.3) is 5.91 Å². The van der Waals surface area contributed by atoms with E-state index in [4.69, 9.17) is 17.3 Å². The molecule has 1 unspecified atom stereocenters. The molecule has 1 aliphatic carbocycles. The number of rotatable bonds is 6. The molecule has 1 atom stereocenters. The molecule has 6 nitrogen and oxygen atoms in total. The van der Waals surface area contributed by atoms with Gasteiger partial charge >= 0.3 is 0 Å². The van der Waals surface area contributed by atoms with Crippen LogP contribution in [0.3, 0.4) is 0 Å². The van der Waals surface area contributed by atoms with Crippen molar-refractivity contribution >= 4 is 17.5 Å². The van der Waals surface area contributed by atoms with Crippen LogP contribution in [0.15, 0.2) is 24.3 Å². The van der Waals surface area contributed by atoms with E-state index in [1.807, 2.05) is 39.0 Å². The predicted octanol–water partition coefficient (Wildman–Crippen LogP) is 2.90. The molecule has 0 aliphatic heterocycles. The van der Waals surface area contributed by atoms with E-state index in [1.54, 1.807) is 10.7 Å². The number of aromatic nitrogens is 3. The number of hydrogen-bond donors (Lipinski definition) is 2. The largest absolute Gasteiger partial charge is 0.343 e. The zero-order chi connectivity index (χ0) is 18.2. The van der Waals surface area contributed by atoms with Crippen LogP contribution < -0.4 is 11.1 Å². The molecule has 0 radical (unpaired) electrons. The van der Waals surface area contributed by atoms with Crippen LogP contribution >= 0.6 is 11.6 Å². The van der Waals surface area contributed by atoms with Crippen molar-refractivity contribution in [3.63, 3.8) is 0 Å². The molecule has 1 amide bonds. The van der Waals surface area contributed by atoms with Crippen molar-refractivity contribution in [2.45, 2.75) is 45.1 Å². The third kappa shape index (κ3) is 3.55. The minimum absolute atomic E-state index is 0.0923. The second kappa shape index (κ2) is 6.77. The standard InChI is InChI=1S/C18H24ClN5O/c1-11(2)16-21-15(17(25)22-18(3,10-20)12-8-9-12)23-24(16)14-7-5-4-6-13(14)19/h4-7,11-12H,8-10,20H2,1-3H3,(H,22,25). The average molecular weight is 362 g/mol. The van der Waals surface area contributed by atoms with Crippen LogP contribution in [0, 0.1) is 5.92 Å². The lowest BCUT2D eigenvalue weighted by molar-refractivity contribution is 0.0887. The van der Waals surface area contributed by atoms with Gasteiger partial charge in [-0.1, -0.05) is 37.6 Å². The Kier molecular flexibility index (Phi) is 4.84. The smallest absolute Gasteiger partial charge is 0.291 e. The Morgan fingerprint density at radius 2 is 2.12 bits per heavy atom. The lowest BCUT2D eigenvalue weighted by atomic mass is 9.96. The summed E-state index contributed by atoms with van der Waals surface area (Å²) in [5, 5.41) is 8.02. The summed E-state index contributed by atoms with van der Waals surface area (Å²) in [7, 11) is 0. The maximum absolute atomic E-state index is 12.7. The number of hydrogen-bond acceptors (Lipinski definition) is 4. The van der Waals surface area contributed by atoms with Crippen molar-refractivity contribution in [1.29, 1.82) is 0 Å². The lowest BCUT2D eigenvalue weighted by Gasteiger charge is -2.28. The van der Waals surface area contributed by atoms with Crippen LogP contribution in [0.1, 0.15) is 56.0 Å². The van der Waals surface area contributed by atoms with Gasteiger partial charge < -0.3 is 11.1 Å². The van der Waals surface area contributed by atoms with Crippen LogP contribution in [-0.2, 0) is 0 Å². The summed E-state index contributed by atoms with van der Waals surface area (Å²) in [5.74, 6) is 1.06. The molecule has 7 heteroatoms. The highest BCUT2D eigenvalue weighted by Crippen LogP contribution is 2.39. The quantitative estimate of drug-likeness (QED) is 0.828. The summed E-state index contributed by atoms with van der Waals surface area (Å²) < 4.78 is 1.65. The normalized spacial score (nSPS) is 16.7. The second-order valence-corrected chi connectivity index (χ2v) is 7.57. The van der Waals surface area contributed by atoms with Crippen LogP contribution in [0.25, 0.3) is 5.69 Å². The second-order valence-electron chi connectivity index (χ2n) is 7.16. The minimum Gasteiger partial charge on any atom is -0.343 e. The van der Waals surface area contributed by atoms with E-state index in [1.165, 1.54) is 0 Å². The van der Waals surface area contributed by atoms with Gasteiger partial charge in [-0.05, 0) is 37.8 Å². The van der Waals surface area contributed by atoms with Gasteiger partial charge in [-0.25, -0.2) is 9.67 Å². The number of para-hydroxylation sites is 1. The monoisotopic (exact) mass is 361 g/mol. The summed E-state index contributed by atoms with van der Waals surface area (Å²) in [5.41, 5.74) is 6.19. The predicted molar refractivity (Wildman–Crippen MR) is 98.1 cm³/mol. The molecular formula is C18H24ClN5O. The van der Waals surface area contributed by atoms with E-state index in [0.717, 1.165) is 12.8 Å². The van der Waals surface area contributed by atoms with Gasteiger partial charge in [-0.2, -0.15) is 0 Å². The number of halogens is 1. The van der Waals surface area contributed by atoms with Crippen molar-refractivity contribution in [2.24, 2.45) is 11.7 Å². The van der Waals surface area contributed by atoms with Gasteiger partial charge in [0.05, 0.1) is 16.2 Å². The molecule has 3 N–H and O–H groups in total. The molecule has 3 rings (SSSR count). The maximum Gasteiger partial charge on any atom is 0.291 e. The molecule has 134 valence electrons. The molecule has 1 aromatic carbocycles. The third-order valence-corrected chi connectivity index (χ3v) is 5.05. The van der Waals surface area contributed by atoms with Gasteiger partial charge in [0.15, 0.2) is 0 Å². The molecule has 0 bridgehead atoms. The molecule has 2 aromatic rings. The topological polar surface area (TPSA) is 85.8 Å². The molecule has 1 heterocycles. The fourth-order valence-electron chi connectivity index (χ4n) is 2.95. The van der Waals surface area contributed by atoms with Crippen molar-refractivity contribution in [3.05, 3.63) is 40.9 Å². The highest BCUT2D eigenvalue weighted by Gasteiger charge is 2.42. The molecular weight excluding hydrogens is 338 g/mol. The SMILES string of the molecule is CC(C)c1nc(C(=O)NC(C)(CN)C2CC2)nn1-c1ccccc1Cl. The van der Waals surface area contributed by atoms with Crippen molar-refractivity contribution in [3.8, 4) is 5.69 Å². The minimum atomic E-state index is -0.412. The van der Waals surface area contributed by atoms with Gasteiger partial charge in [0.2, 0.25) is 5.82 Å². The van der Waals surface area contributed by atoms with Gasteiger partial charge in [-0.15, -0.1) is 5.10 Å². The fraction of sp³-hybridized carbons (Fsp3) is 0.500. The molecule has 1 saturated carbocycles. The summed E-state index contributed by atoms with van der Waals surface area (Å²) in [6, 6.07) is 7.39. The molecule has 1 aromatic heterocycles. The Balaban J connectivity index is 1.94. The summed E-state index contributed by atoms with van der Waals surface area (Å²) in [6.07, 6.45) is 2.18. The van der Waals surface area contributed by atoms with Gasteiger partial charge in [-0.3, -0.25) is 4.79 Å². The Labute approximate surface area is 152 Å². The summed E-state index contributed by atoms with van der Waals surface area (Å²) in [4.78, 5) is 17.2. The lowest BCUT2D eigenvalue weighted by Crippen LogP contribution is -2.53. The van der Waals surface area contributed by atoms with E-state index >= 15 is 0 Å². The molecule has 1 aliphatic rings. The summed E-state index contributed by atoms with van der Waals surface area (Å²) >= 11 is 6.30. The number of benzene rings is 1. The zero-order valence-corrected chi connectivity index (χ0v) is 15.5. The number of nitrogens with one attached hydrogen (secondary N) is 1. The average Bonchev–Trinajstić information content (AvgIpc) is 3.34. The number of carbonyl (C=O) groups is 1. The number of nitrogens with two attached hydrogens (primary N) is 1. The Morgan fingerprint density at radius 1 is 1.44 bits per heavy atom. The van der Waals surface area contributed by atoms with E-state index < -0.39 is 5.54 Å². The first-order valence-electron chi connectivity index (χ1n) is 8.60. The maximum atomic E-state index is 12.7. The van der Waals surface area contributed by atoms with Crippen molar-refractivity contribution < 1.29 is 4.79 Å². The van der Waals surface area contributed by atoms with E-state index in [0.29, 0.717) is 29.0 Å². The molecule has 0 saturated heterocycles. The Hall–Kier alpha value is -1.92. The van der Waals surface area contributed by atoms with E-state index in [9.17, 15) is 4.79 Å². The first-order valence-corrected chi connectivity index (χ1v) is 8.98. The van der Waals surface area contributed by atoms with Crippen LogP contribution in [0.2, 0.25) is 5.02 Å². The van der Waals surface area contributed by atoms with E-state index in [-0.39, 0.29) is 17.6 Å². The zero-order valence-electron chi connectivity index (χ0n) is 14.8. The third-order valence-electron chi connectivity index (χ3n) is 4.73.